The number of hydrogen-bond donors (Lipinski definition) is 2. The van der Waals surface area contributed by atoms with E-state index in [1.54, 1.807) is 12.1 Å². The Kier molecular flexibility index (Phi) is 3.08. The molecule has 17 heavy (non-hydrogen) atoms. The molecule has 0 fully saturated rings. The van der Waals surface area contributed by atoms with Gasteiger partial charge in [0.25, 0.3) is 5.56 Å². The van der Waals surface area contributed by atoms with Gasteiger partial charge in [0, 0.05) is 6.20 Å². The summed E-state index contributed by atoms with van der Waals surface area (Å²) < 4.78 is 21.4. The second-order valence-corrected chi connectivity index (χ2v) is 4.22. The number of rotatable bonds is 2. The van der Waals surface area contributed by atoms with E-state index >= 15 is 0 Å². The summed E-state index contributed by atoms with van der Waals surface area (Å²) in [7, 11) is 0. The van der Waals surface area contributed by atoms with E-state index in [0.717, 1.165) is 4.57 Å². The number of para-hydroxylation sites is 1. The van der Waals surface area contributed by atoms with E-state index in [9.17, 15) is 14.1 Å². The van der Waals surface area contributed by atoms with Crippen LogP contribution < -0.4 is 5.56 Å². The van der Waals surface area contributed by atoms with Crippen molar-refractivity contribution in [3.8, 4) is 11.4 Å². The van der Waals surface area contributed by atoms with Crippen molar-refractivity contribution in [2.45, 2.75) is 4.90 Å². The van der Waals surface area contributed by atoms with E-state index in [-0.39, 0.29) is 10.6 Å². The van der Waals surface area contributed by atoms with Crippen molar-refractivity contribution in [3.05, 3.63) is 52.9 Å². The zero-order valence-corrected chi connectivity index (χ0v) is 9.42. The molecule has 0 aliphatic heterocycles. The van der Waals surface area contributed by atoms with Crippen molar-refractivity contribution in [3.63, 3.8) is 0 Å². The average Bonchev–Trinajstić information content (AvgIpc) is 2.33. The van der Waals surface area contributed by atoms with Crippen molar-refractivity contribution in [1.29, 1.82) is 0 Å². The minimum Gasteiger partial charge on any atom is -0.503 e. The fourth-order valence-electron chi connectivity index (χ4n) is 1.48. The molecule has 0 aliphatic carbocycles. The van der Waals surface area contributed by atoms with Crippen molar-refractivity contribution in [2.24, 2.45) is 0 Å². The van der Waals surface area contributed by atoms with E-state index in [1.807, 2.05) is 0 Å². The van der Waals surface area contributed by atoms with Gasteiger partial charge in [0.2, 0.25) is 0 Å². The summed E-state index contributed by atoms with van der Waals surface area (Å²) in [6.45, 7) is 0. The molecule has 1 unspecified atom stereocenters. The second kappa shape index (κ2) is 4.52. The van der Waals surface area contributed by atoms with Gasteiger partial charge in [-0.15, -0.1) is 0 Å². The van der Waals surface area contributed by atoms with Crippen LogP contribution >= 0.6 is 0 Å². The first-order valence-electron chi connectivity index (χ1n) is 4.72. The zero-order chi connectivity index (χ0) is 12.4. The molecule has 6 heteroatoms. The van der Waals surface area contributed by atoms with Crippen LogP contribution in [0.25, 0.3) is 5.69 Å². The molecule has 1 aromatic carbocycles. The third kappa shape index (κ3) is 2.13. The molecular formula is C11H9NO4S. The third-order valence-corrected chi connectivity index (χ3v) is 2.96. The molecule has 0 aliphatic rings. The van der Waals surface area contributed by atoms with Crippen LogP contribution in [-0.2, 0) is 11.1 Å². The lowest BCUT2D eigenvalue weighted by atomic mass is 10.3. The van der Waals surface area contributed by atoms with Crippen LogP contribution in [0.4, 0.5) is 0 Å². The molecule has 1 heterocycles. The fourth-order valence-corrected chi connectivity index (χ4v) is 2.02. The average molecular weight is 251 g/mol. The minimum absolute atomic E-state index is 0.111. The Morgan fingerprint density at radius 3 is 2.53 bits per heavy atom. The van der Waals surface area contributed by atoms with Crippen molar-refractivity contribution in [2.75, 3.05) is 0 Å². The molecule has 88 valence electrons. The summed E-state index contributed by atoms with van der Waals surface area (Å²) in [6.07, 6.45) is 1.42. The Balaban J connectivity index is 2.73. The van der Waals surface area contributed by atoms with Gasteiger partial charge in [-0.2, -0.15) is 0 Å². The summed E-state index contributed by atoms with van der Waals surface area (Å²) in [5.74, 6) is -0.411. The van der Waals surface area contributed by atoms with Crippen LogP contribution in [0.15, 0.2) is 52.3 Å². The predicted molar refractivity (Wildman–Crippen MR) is 62.7 cm³/mol. The van der Waals surface area contributed by atoms with Gasteiger partial charge in [-0.3, -0.25) is 9.36 Å². The highest BCUT2D eigenvalue weighted by atomic mass is 32.2. The molecule has 5 nitrogen and oxygen atoms in total. The SMILES string of the molecule is O=c1c(O)cccn1-c1ccccc1S(=O)O. The number of pyridine rings is 1. The first-order valence-corrected chi connectivity index (χ1v) is 5.83. The quantitative estimate of drug-likeness (QED) is 0.784. The first kappa shape index (κ1) is 11.6. The maximum atomic E-state index is 11.7. The van der Waals surface area contributed by atoms with Gasteiger partial charge in [0.1, 0.15) is 0 Å². The highest BCUT2D eigenvalue weighted by molar-refractivity contribution is 7.79. The molecule has 2 N–H and O–H groups in total. The molecule has 2 rings (SSSR count). The highest BCUT2D eigenvalue weighted by Crippen LogP contribution is 2.16. The number of aromatic nitrogens is 1. The Bertz CT molecular complexity index is 635. The number of aromatic hydroxyl groups is 1. The molecule has 0 radical (unpaired) electrons. The van der Waals surface area contributed by atoms with Gasteiger partial charge in [0.15, 0.2) is 16.8 Å². The van der Waals surface area contributed by atoms with Crippen LogP contribution in [0, 0.1) is 0 Å². The van der Waals surface area contributed by atoms with Crippen LogP contribution in [0.1, 0.15) is 0 Å². The largest absolute Gasteiger partial charge is 0.503 e. The number of nitrogens with zero attached hydrogens (tertiary/aromatic N) is 1. The molecule has 1 aromatic heterocycles. The summed E-state index contributed by atoms with van der Waals surface area (Å²) in [5, 5.41) is 9.32. The Morgan fingerprint density at radius 2 is 1.82 bits per heavy atom. The van der Waals surface area contributed by atoms with Crippen molar-refractivity contribution in [1.82, 2.24) is 4.57 Å². The summed E-state index contributed by atoms with van der Waals surface area (Å²) in [6, 6.07) is 8.96. The maximum Gasteiger partial charge on any atom is 0.297 e. The number of hydrogen-bond acceptors (Lipinski definition) is 3. The van der Waals surface area contributed by atoms with Crippen LogP contribution in [0.3, 0.4) is 0 Å². The van der Waals surface area contributed by atoms with Crippen molar-refractivity contribution < 1.29 is 13.9 Å². The van der Waals surface area contributed by atoms with Gasteiger partial charge >= 0.3 is 0 Å². The molecule has 2 aromatic rings. The smallest absolute Gasteiger partial charge is 0.297 e. The lowest BCUT2D eigenvalue weighted by Crippen LogP contribution is -2.18. The van der Waals surface area contributed by atoms with Gasteiger partial charge in [-0.25, -0.2) is 4.21 Å². The summed E-state index contributed by atoms with van der Waals surface area (Å²) in [5.41, 5.74) is -0.361. The standard InChI is InChI=1S/C11H9NO4S/c13-9-5-3-7-12(11(9)14)8-4-1-2-6-10(8)17(15)16/h1-7,13H,(H,15,16). The fraction of sp³-hybridized carbons (Fsp3) is 0. The molecule has 1 atom stereocenters. The Morgan fingerprint density at radius 1 is 1.12 bits per heavy atom. The maximum absolute atomic E-state index is 11.7. The molecule has 0 spiro atoms. The second-order valence-electron chi connectivity index (χ2n) is 3.29. The third-order valence-electron chi connectivity index (χ3n) is 2.24. The van der Waals surface area contributed by atoms with Gasteiger partial charge in [-0.05, 0) is 24.3 Å². The predicted octanol–water partition coefficient (Wildman–Crippen LogP) is 1.12. The molecule has 0 saturated heterocycles. The lowest BCUT2D eigenvalue weighted by molar-refractivity contribution is 0.463. The monoisotopic (exact) mass is 251 g/mol. The molecular weight excluding hydrogens is 242 g/mol. The highest BCUT2D eigenvalue weighted by Gasteiger charge is 2.11. The normalized spacial score (nSPS) is 12.3. The Labute approximate surface area is 99.3 Å². The molecule has 0 saturated carbocycles. The summed E-state index contributed by atoms with van der Waals surface area (Å²) in [4.78, 5) is 11.8. The van der Waals surface area contributed by atoms with E-state index in [4.69, 9.17) is 4.55 Å². The molecule has 0 bridgehead atoms. The van der Waals surface area contributed by atoms with Crippen LogP contribution in [0.5, 0.6) is 5.75 Å². The van der Waals surface area contributed by atoms with E-state index in [2.05, 4.69) is 0 Å². The minimum atomic E-state index is -2.20. The van der Waals surface area contributed by atoms with Gasteiger partial charge < -0.3 is 9.66 Å². The Hall–Kier alpha value is -1.92. The van der Waals surface area contributed by atoms with Gasteiger partial charge in [0.05, 0.1) is 10.6 Å². The van der Waals surface area contributed by atoms with E-state index in [1.165, 1.54) is 30.5 Å². The number of benzene rings is 1. The lowest BCUT2D eigenvalue weighted by Gasteiger charge is -2.08. The van der Waals surface area contributed by atoms with Crippen LogP contribution in [-0.4, -0.2) is 18.4 Å². The zero-order valence-electron chi connectivity index (χ0n) is 8.61. The summed E-state index contributed by atoms with van der Waals surface area (Å²) >= 11 is -2.20. The van der Waals surface area contributed by atoms with E-state index < -0.39 is 22.4 Å². The van der Waals surface area contributed by atoms with Gasteiger partial charge in [-0.1, -0.05) is 12.1 Å². The van der Waals surface area contributed by atoms with E-state index in [0.29, 0.717) is 0 Å². The molecule has 0 amide bonds. The topological polar surface area (TPSA) is 79.5 Å². The first-order chi connectivity index (χ1) is 8.11. The van der Waals surface area contributed by atoms with Crippen LogP contribution in [0.2, 0.25) is 0 Å². The van der Waals surface area contributed by atoms with Crippen molar-refractivity contribution >= 4 is 11.1 Å².